The summed E-state index contributed by atoms with van der Waals surface area (Å²) in [5.74, 6) is 0.836. The zero-order valence-electron chi connectivity index (χ0n) is 14.1. The maximum Gasteiger partial charge on any atom is 0.308 e. The van der Waals surface area contributed by atoms with Crippen LogP contribution in [0.2, 0.25) is 5.02 Å². The Kier molecular flexibility index (Phi) is 4.12. The lowest BCUT2D eigenvalue weighted by molar-refractivity contribution is -0.152. The Labute approximate surface area is 155 Å². The first-order valence-electron chi connectivity index (χ1n) is 8.31. The van der Waals surface area contributed by atoms with Crippen molar-refractivity contribution in [3.63, 3.8) is 0 Å². The molecule has 6 nitrogen and oxygen atoms in total. The molecule has 0 aliphatic carbocycles. The maximum absolute atomic E-state index is 12.0. The Morgan fingerprint density at radius 1 is 1.15 bits per heavy atom. The summed E-state index contributed by atoms with van der Waals surface area (Å²) in [7, 11) is 0. The predicted molar refractivity (Wildman–Crippen MR) is 98.3 cm³/mol. The van der Waals surface area contributed by atoms with Crippen LogP contribution in [0.4, 0.5) is 11.6 Å². The number of esters is 1. The first kappa shape index (κ1) is 16.6. The molecular formula is C19H17ClN4O2. The molecular weight excluding hydrogens is 352 g/mol. The van der Waals surface area contributed by atoms with Crippen LogP contribution < -0.4 is 5.32 Å². The molecule has 1 fully saturated rings. The van der Waals surface area contributed by atoms with E-state index in [1.807, 2.05) is 42.5 Å². The third-order valence-corrected chi connectivity index (χ3v) is 4.58. The van der Waals surface area contributed by atoms with Crippen molar-refractivity contribution in [2.45, 2.75) is 25.5 Å². The molecule has 2 aromatic carbocycles. The summed E-state index contributed by atoms with van der Waals surface area (Å²) in [6, 6.07) is 16.9. The zero-order valence-corrected chi connectivity index (χ0v) is 14.9. The molecule has 1 aliphatic heterocycles. The Balaban J connectivity index is 1.80. The van der Waals surface area contributed by atoms with Gasteiger partial charge in [0.2, 0.25) is 11.7 Å². The van der Waals surface area contributed by atoms with E-state index in [1.165, 1.54) is 0 Å². The lowest BCUT2D eigenvalue weighted by Crippen LogP contribution is -2.36. The molecule has 1 saturated heterocycles. The number of cyclic esters (lactones) is 1. The van der Waals surface area contributed by atoms with Crippen LogP contribution in [0.3, 0.4) is 0 Å². The lowest BCUT2D eigenvalue weighted by atomic mass is 10.00. The number of carbonyl (C=O) groups excluding carboxylic acids is 1. The molecule has 1 aromatic heterocycles. The van der Waals surface area contributed by atoms with Gasteiger partial charge < -0.3 is 10.1 Å². The van der Waals surface area contributed by atoms with Crippen molar-refractivity contribution in [1.82, 2.24) is 14.8 Å². The number of aryl methyl sites for hydroxylation is 1. The van der Waals surface area contributed by atoms with Crippen molar-refractivity contribution >= 4 is 29.2 Å². The van der Waals surface area contributed by atoms with E-state index in [0.29, 0.717) is 29.6 Å². The molecule has 26 heavy (non-hydrogen) atoms. The van der Waals surface area contributed by atoms with Gasteiger partial charge in [-0.05, 0) is 31.2 Å². The topological polar surface area (TPSA) is 69.0 Å². The second kappa shape index (κ2) is 6.46. The van der Waals surface area contributed by atoms with E-state index in [9.17, 15) is 4.79 Å². The molecule has 1 aliphatic rings. The standard InChI is InChI=1S/C19H17ClN4O2/c1-13-21-18(22-16-9-7-15(20)8-10-16)24(23-13)19(12-11-17(25)26-19)14-5-3-2-4-6-14/h2-10H,11-12H2,1H3,(H,21,22,23). The largest absolute Gasteiger partial charge is 0.432 e. The van der Waals surface area contributed by atoms with Crippen molar-refractivity contribution < 1.29 is 9.53 Å². The predicted octanol–water partition coefficient (Wildman–Crippen LogP) is 4.02. The van der Waals surface area contributed by atoms with Crippen LogP contribution in [0.1, 0.15) is 24.2 Å². The van der Waals surface area contributed by atoms with Crippen molar-refractivity contribution in [1.29, 1.82) is 0 Å². The number of rotatable bonds is 4. The van der Waals surface area contributed by atoms with Gasteiger partial charge >= 0.3 is 5.97 Å². The second-order valence-electron chi connectivity index (χ2n) is 6.15. The monoisotopic (exact) mass is 368 g/mol. The number of carbonyl (C=O) groups is 1. The lowest BCUT2D eigenvalue weighted by Gasteiger charge is -2.29. The van der Waals surface area contributed by atoms with E-state index in [4.69, 9.17) is 16.3 Å². The smallest absolute Gasteiger partial charge is 0.308 e. The molecule has 7 heteroatoms. The van der Waals surface area contributed by atoms with E-state index >= 15 is 0 Å². The number of hydrogen-bond donors (Lipinski definition) is 1. The van der Waals surface area contributed by atoms with Gasteiger partial charge in [0.1, 0.15) is 5.82 Å². The summed E-state index contributed by atoms with van der Waals surface area (Å²) in [5, 5.41) is 8.43. The first-order chi connectivity index (χ1) is 12.6. The molecule has 1 N–H and O–H groups in total. The van der Waals surface area contributed by atoms with Gasteiger partial charge in [0, 0.05) is 22.7 Å². The molecule has 2 heterocycles. The second-order valence-corrected chi connectivity index (χ2v) is 6.59. The molecule has 0 bridgehead atoms. The minimum atomic E-state index is -1.01. The van der Waals surface area contributed by atoms with Gasteiger partial charge in [-0.2, -0.15) is 14.8 Å². The normalized spacial score (nSPS) is 19.4. The molecule has 0 amide bonds. The van der Waals surface area contributed by atoms with Crippen LogP contribution in [-0.4, -0.2) is 20.7 Å². The SMILES string of the molecule is Cc1nc(Nc2ccc(Cl)cc2)n(C2(c3ccccc3)CCC(=O)O2)n1. The third kappa shape index (κ3) is 2.93. The number of halogens is 1. The molecule has 1 unspecified atom stereocenters. The zero-order chi connectivity index (χ0) is 18.1. The summed E-state index contributed by atoms with van der Waals surface area (Å²) in [6.07, 6.45) is 0.822. The van der Waals surface area contributed by atoms with Crippen LogP contribution in [0, 0.1) is 6.92 Å². The summed E-state index contributed by atoms with van der Waals surface area (Å²) in [5.41, 5.74) is 0.666. The highest BCUT2D eigenvalue weighted by atomic mass is 35.5. The van der Waals surface area contributed by atoms with E-state index in [1.54, 1.807) is 23.7 Å². The summed E-state index contributed by atoms with van der Waals surface area (Å²) >= 11 is 5.95. The van der Waals surface area contributed by atoms with E-state index < -0.39 is 5.72 Å². The Morgan fingerprint density at radius 2 is 1.88 bits per heavy atom. The van der Waals surface area contributed by atoms with Crippen LogP contribution in [0.5, 0.6) is 0 Å². The van der Waals surface area contributed by atoms with Crippen LogP contribution in [0.15, 0.2) is 54.6 Å². The molecule has 4 rings (SSSR count). The minimum absolute atomic E-state index is 0.251. The highest BCUT2D eigenvalue weighted by Crippen LogP contribution is 2.40. The van der Waals surface area contributed by atoms with Gasteiger partial charge in [0.25, 0.3) is 0 Å². The minimum Gasteiger partial charge on any atom is -0.432 e. The number of anilines is 2. The number of hydrogen-bond acceptors (Lipinski definition) is 5. The van der Waals surface area contributed by atoms with Crippen molar-refractivity contribution in [2.24, 2.45) is 0 Å². The van der Waals surface area contributed by atoms with Gasteiger partial charge in [-0.25, -0.2) is 0 Å². The van der Waals surface area contributed by atoms with Gasteiger partial charge in [-0.15, -0.1) is 0 Å². The average Bonchev–Trinajstić information content (AvgIpc) is 3.21. The first-order valence-corrected chi connectivity index (χ1v) is 8.69. The molecule has 1 atom stereocenters. The van der Waals surface area contributed by atoms with Crippen LogP contribution >= 0.6 is 11.6 Å². The molecule has 132 valence electrons. The molecule has 0 radical (unpaired) electrons. The van der Waals surface area contributed by atoms with E-state index in [2.05, 4.69) is 15.4 Å². The van der Waals surface area contributed by atoms with Crippen molar-refractivity contribution in [3.8, 4) is 0 Å². The van der Waals surface area contributed by atoms with Gasteiger partial charge in [0.15, 0.2) is 0 Å². The summed E-state index contributed by atoms with van der Waals surface area (Å²) in [4.78, 5) is 16.5. The van der Waals surface area contributed by atoms with Crippen LogP contribution in [-0.2, 0) is 15.3 Å². The van der Waals surface area contributed by atoms with Gasteiger partial charge in [-0.3, -0.25) is 4.79 Å². The van der Waals surface area contributed by atoms with Gasteiger partial charge in [0.05, 0.1) is 6.42 Å². The highest BCUT2D eigenvalue weighted by molar-refractivity contribution is 6.30. The molecule has 0 spiro atoms. The fraction of sp³-hybridized carbons (Fsp3) is 0.211. The van der Waals surface area contributed by atoms with Crippen molar-refractivity contribution in [2.75, 3.05) is 5.32 Å². The third-order valence-electron chi connectivity index (χ3n) is 4.33. The summed E-state index contributed by atoms with van der Waals surface area (Å²) in [6.45, 7) is 1.80. The van der Waals surface area contributed by atoms with Gasteiger partial charge in [-0.1, -0.05) is 41.9 Å². The molecule has 3 aromatic rings. The fourth-order valence-corrected chi connectivity index (χ4v) is 3.27. The number of nitrogens with one attached hydrogen (secondary N) is 1. The Bertz CT molecular complexity index is 940. The average molecular weight is 369 g/mol. The summed E-state index contributed by atoms with van der Waals surface area (Å²) < 4.78 is 7.46. The van der Waals surface area contributed by atoms with Crippen molar-refractivity contribution in [3.05, 3.63) is 71.0 Å². The Morgan fingerprint density at radius 3 is 2.54 bits per heavy atom. The number of aromatic nitrogens is 3. The highest BCUT2D eigenvalue weighted by Gasteiger charge is 2.46. The quantitative estimate of drug-likeness (QED) is 0.704. The number of benzene rings is 2. The number of nitrogens with zero attached hydrogens (tertiary/aromatic N) is 3. The van der Waals surface area contributed by atoms with E-state index in [0.717, 1.165) is 11.3 Å². The molecule has 0 saturated carbocycles. The maximum atomic E-state index is 12.0. The fourth-order valence-electron chi connectivity index (χ4n) is 3.15. The number of ether oxygens (including phenoxy) is 1. The van der Waals surface area contributed by atoms with E-state index in [-0.39, 0.29) is 5.97 Å². The Hall–Kier alpha value is -2.86. The van der Waals surface area contributed by atoms with Crippen LogP contribution in [0.25, 0.3) is 0 Å².